The van der Waals surface area contributed by atoms with Gasteiger partial charge in [0, 0.05) is 6.07 Å². The summed E-state index contributed by atoms with van der Waals surface area (Å²) in [7, 11) is 0. The first-order valence-electron chi connectivity index (χ1n) is 8.76. The highest BCUT2D eigenvalue weighted by Gasteiger charge is 2.20. The van der Waals surface area contributed by atoms with Crippen LogP contribution in [0.25, 0.3) is 5.69 Å². The number of rotatable bonds is 6. The average Bonchev–Trinajstić information content (AvgIpc) is 3.16. The van der Waals surface area contributed by atoms with Gasteiger partial charge in [-0.25, -0.2) is 9.48 Å². The molecule has 27 heavy (non-hydrogen) atoms. The van der Waals surface area contributed by atoms with E-state index in [0.29, 0.717) is 17.2 Å². The molecule has 7 nitrogen and oxygen atoms in total. The molecule has 0 saturated heterocycles. The van der Waals surface area contributed by atoms with Gasteiger partial charge < -0.3 is 9.47 Å². The molecule has 0 aliphatic heterocycles. The van der Waals surface area contributed by atoms with E-state index in [-0.39, 0.29) is 5.92 Å². The van der Waals surface area contributed by atoms with Gasteiger partial charge in [0.2, 0.25) is 0 Å². The van der Waals surface area contributed by atoms with Crippen LogP contribution in [0.1, 0.15) is 37.8 Å². The van der Waals surface area contributed by atoms with Gasteiger partial charge in [-0.1, -0.05) is 32.0 Å². The number of carbonyl (C=O) groups excluding carboxylic acids is 1. The first kappa shape index (κ1) is 18.6. The van der Waals surface area contributed by atoms with Crippen LogP contribution in [0.15, 0.2) is 48.8 Å². The Balaban J connectivity index is 1.72. The van der Waals surface area contributed by atoms with Crippen LogP contribution in [-0.4, -0.2) is 32.3 Å². The van der Waals surface area contributed by atoms with Crippen molar-refractivity contribution in [3.05, 3.63) is 59.9 Å². The molecule has 0 fully saturated rings. The molecule has 0 N–H and O–H groups in total. The number of benzene rings is 2. The quantitative estimate of drug-likeness (QED) is 0.491. The molecule has 1 atom stereocenters. The topological polar surface area (TPSA) is 79.1 Å². The van der Waals surface area contributed by atoms with Crippen molar-refractivity contribution in [1.29, 1.82) is 0 Å². The fourth-order valence-corrected chi connectivity index (χ4v) is 2.63. The Hall–Kier alpha value is -3.22. The van der Waals surface area contributed by atoms with Crippen LogP contribution in [0.3, 0.4) is 0 Å². The molecule has 0 aliphatic rings. The van der Waals surface area contributed by atoms with E-state index >= 15 is 0 Å². The summed E-state index contributed by atoms with van der Waals surface area (Å²) >= 11 is 0. The lowest BCUT2D eigenvalue weighted by Gasteiger charge is -2.19. The number of hydrogen-bond acceptors (Lipinski definition) is 6. The highest BCUT2D eigenvalue weighted by atomic mass is 16.6. The standard InChI is InChI=1S/C20H22N4O3/c1-13(2)18-9-8-14(3)10-19(18)26-15(4)20(25)27-17-7-5-6-16(11-17)24-12-21-22-23-24/h5-13,15H,1-4H3/t15-/m0/s1. The van der Waals surface area contributed by atoms with Crippen molar-refractivity contribution in [2.24, 2.45) is 0 Å². The summed E-state index contributed by atoms with van der Waals surface area (Å²) in [4.78, 5) is 12.5. The largest absolute Gasteiger partial charge is 0.479 e. The second-order valence-corrected chi connectivity index (χ2v) is 6.63. The smallest absolute Gasteiger partial charge is 0.352 e. The monoisotopic (exact) mass is 366 g/mol. The number of carbonyl (C=O) groups is 1. The van der Waals surface area contributed by atoms with Crippen molar-refractivity contribution in [2.75, 3.05) is 0 Å². The van der Waals surface area contributed by atoms with E-state index in [1.54, 1.807) is 25.1 Å². The maximum Gasteiger partial charge on any atom is 0.352 e. The number of hydrogen-bond donors (Lipinski definition) is 0. The van der Waals surface area contributed by atoms with Gasteiger partial charge in [0.05, 0.1) is 5.69 Å². The Morgan fingerprint density at radius 2 is 1.93 bits per heavy atom. The highest BCUT2D eigenvalue weighted by molar-refractivity contribution is 5.77. The predicted molar refractivity (Wildman–Crippen MR) is 100 cm³/mol. The fourth-order valence-electron chi connectivity index (χ4n) is 2.63. The van der Waals surface area contributed by atoms with Crippen molar-refractivity contribution < 1.29 is 14.3 Å². The Morgan fingerprint density at radius 3 is 2.63 bits per heavy atom. The summed E-state index contributed by atoms with van der Waals surface area (Å²) in [6.45, 7) is 7.85. The number of aryl methyl sites for hydroxylation is 1. The Bertz CT molecular complexity index is 923. The van der Waals surface area contributed by atoms with Crippen molar-refractivity contribution >= 4 is 5.97 Å². The fraction of sp³-hybridized carbons (Fsp3) is 0.300. The molecule has 140 valence electrons. The van der Waals surface area contributed by atoms with Crippen molar-refractivity contribution in [3.8, 4) is 17.2 Å². The summed E-state index contributed by atoms with van der Waals surface area (Å²) in [5.41, 5.74) is 2.82. The molecule has 0 unspecified atom stereocenters. The van der Waals surface area contributed by atoms with E-state index < -0.39 is 12.1 Å². The van der Waals surface area contributed by atoms with Crippen LogP contribution in [0, 0.1) is 6.92 Å². The third-order valence-corrected chi connectivity index (χ3v) is 4.08. The van der Waals surface area contributed by atoms with E-state index in [2.05, 4.69) is 29.4 Å². The van der Waals surface area contributed by atoms with E-state index in [4.69, 9.17) is 9.47 Å². The summed E-state index contributed by atoms with van der Waals surface area (Å²) in [6.07, 6.45) is 0.721. The number of ether oxygens (including phenoxy) is 2. The normalized spacial score (nSPS) is 12.0. The molecule has 0 bridgehead atoms. The minimum Gasteiger partial charge on any atom is -0.479 e. The van der Waals surface area contributed by atoms with Gasteiger partial charge in [-0.15, -0.1) is 5.10 Å². The maximum atomic E-state index is 12.5. The minimum atomic E-state index is -0.749. The molecular weight excluding hydrogens is 344 g/mol. The number of aromatic nitrogens is 4. The van der Waals surface area contributed by atoms with E-state index in [1.165, 1.54) is 11.0 Å². The summed E-state index contributed by atoms with van der Waals surface area (Å²) < 4.78 is 12.9. The third-order valence-electron chi connectivity index (χ3n) is 4.08. The first-order valence-corrected chi connectivity index (χ1v) is 8.76. The molecule has 0 amide bonds. The molecule has 3 aromatic rings. The molecule has 3 rings (SSSR count). The molecule has 7 heteroatoms. The number of nitrogens with zero attached hydrogens (tertiary/aromatic N) is 4. The van der Waals surface area contributed by atoms with Gasteiger partial charge in [-0.05, 0) is 59.5 Å². The molecule has 0 aliphatic carbocycles. The van der Waals surface area contributed by atoms with Crippen molar-refractivity contribution in [3.63, 3.8) is 0 Å². The lowest BCUT2D eigenvalue weighted by atomic mass is 10.0. The highest BCUT2D eigenvalue weighted by Crippen LogP contribution is 2.28. The number of tetrazole rings is 1. The maximum absolute atomic E-state index is 12.5. The van der Waals surface area contributed by atoms with Crippen LogP contribution in [0.5, 0.6) is 11.5 Å². The second kappa shape index (κ2) is 7.99. The van der Waals surface area contributed by atoms with Crippen molar-refractivity contribution in [2.45, 2.75) is 39.7 Å². The molecule has 0 radical (unpaired) electrons. The zero-order valence-electron chi connectivity index (χ0n) is 15.8. The van der Waals surface area contributed by atoms with Gasteiger partial charge >= 0.3 is 5.97 Å². The summed E-state index contributed by atoms with van der Waals surface area (Å²) in [5, 5.41) is 11.0. The average molecular weight is 366 g/mol. The minimum absolute atomic E-state index is 0.289. The lowest BCUT2D eigenvalue weighted by Crippen LogP contribution is -2.29. The van der Waals surface area contributed by atoms with E-state index in [1.807, 2.05) is 31.2 Å². The van der Waals surface area contributed by atoms with Crippen molar-refractivity contribution in [1.82, 2.24) is 20.2 Å². The second-order valence-electron chi connectivity index (χ2n) is 6.63. The molecule has 2 aromatic carbocycles. The lowest BCUT2D eigenvalue weighted by molar-refractivity contribution is -0.141. The van der Waals surface area contributed by atoms with Gasteiger partial charge in [0.15, 0.2) is 6.10 Å². The van der Waals surface area contributed by atoms with Gasteiger partial charge in [0.25, 0.3) is 0 Å². The molecule has 1 aromatic heterocycles. The first-order chi connectivity index (χ1) is 12.9. The zero-order chi connectivity index (χ0) is 19.4. The Kier molecular flexibility index (Phi) is 5.49. The molecule has 1 heterocycles. The van der Waals surface area contributed by atoms with E-state index in [0.717, 1.165) is 11.1 Å². The van der Waals surface area contributed by atoms with Gasteiger partial charge in [-0.3, -0.25) is 0 Å². The SMILES string of the molecule is Cc1ccc(C(C)C)c(O[C@@H](C)C(=O)Oc2cccc(-n3cnnn3)c2)c1. The van der Waals surface area contributed by atoms with E-state index in [9.17, 15) is 4.79 Å². The summed E-state index contributed by atoms with van der Waals surface area (Å²) in [6, 6.07) is 13.0. The van der Waals surface area contributed by atoms with Crippen LogP contribution >= 0.6 is 0 Å². The van der Waals surface area contributed by atoms with Gasteiger partial charge in [0.1, 0.15) is 17.8 Å². The van der Waals surface area contributed by atoms with Crippen LogP contribution in [-0.2, 0) is 4.79 Å². The van der Waals surface area contributed by atoms with Crippen LogP contribution in [0.4, 0.5) is 0 Å². The Morgan fingerprint density at radius 1 is 1.11 bits per heavy atom. The molecular formula is C20H22N4O3. The number of esters is 1. The molecule has 0 spiro atoms. The summed E-state index contributed by atoms with van der Waals surface area (Å²) in [5.74, 6) is 0.922. The third kappa shape index (κ3) is 4.49. The van der Waals surface area contributed by atoms with Crippen LogP contribution < -0.4 is 9.47 Å². The molecule has 0 saturated carbocycles. The van der Waals surface area contributed by atoms with Gasteiger partial charge in [-0.2, -0.15) is 0 Å². The Labute approximate surface area is 157 Å². The zero-order valence-corrected chi connectivity index (χ0v) is 15.8. The predicted octanol–water partition coefficient (Wildman–Crippen LogP) is 3.47. The van der Waals surface area contributed by atoms with Crippen LogP contribution in [0.2, 0.25) is 0 Å².